The maximum Gasteiger partial charge on any atom is 0.247 e. The highest BCUT2D eigenvalue weighted by Gasteiger charge is 2.17. The Morgan fingerprint density at radius 1 is 1.04 bits per heavy atom. The molecule has 0 amide bonds. The van der Waals surface area contributed by atoms with Crippen LogP contribution in [-0.4, -0.2) is 67.5 Å². The minimum absolute atomic E-state index is 0.645. The summed E-state index contributed by atoms with van der Waals surface area (Å²) in [5.74, 6) is 2.63. The summed E-state index contributed by atoms with van der Waals surface area (Å²) in [4.78, 5) is 9.00. The van der Waals surface area contributed by atoms with Gasteiger partial charge in [-0.3, -0.25) is 0 Å². The molecule has 0 radical (unpaired) electrons. The van der Waals surface area contributed by atoms with Gasteiger partial charge in [0.2, 0.25) is 5.95 Å². The molecule has 0 bridgehead atoms. The second kappa shape index (κ2) is 7.31. The number of benzene rings is 1. The molecule has 3 rings (SSSR count). The summed E-state index contributed by atoms with van der Waals surface area (Å²) in [6.07, 6.45) is 1.61. The first kappa shape index (κ1) is 16.3. The van der Waals surface area contributed by atoms with Gasteiger partial charge in [0, 0.05) is 37.9 Å². The Hall–Kier alpha value is -2.61. The van der Waals surface area contributed by atoms with Gasteiger partial charge in [0.15, 0.2) is 17.3 Å². The summed E-state index contributed by atoms with van der Waals surface area (Å²) in [5.41, 5.74) is 0.845. The Morgan fingerprint density at radius 2 is 1.79 bits per heavy atom. The zero-order chi connectivity index (χ0) is 16.9. The van der Waals surface area contributed by atoms with Crippen molar-refractivity contribution in [1.82, 2.24) is 20.1 Å². The zero-order valence-electron chi connectivity index (χ0n) is 14.2. The Kier molecular flexibility index (Phi) is 4.95. The van der Waals surface area contributed by atoms with Crippen molar-refractivity contribution < 1.29 is 9.47 Å². The summed E-state index contributed by atoms with van der Waals surface area (Å²) in [6, 6.07) is 5.60. The topological polar surface area (TPSA) is 75.6 Å². The minimum Gasteiger partial charge on any atom is -0.493 e. The number of piperazine rings is 1. The highest BCUT2D eigenvalue weighted by Crippen LogP contribution is 2.30. The number of hydrogen-bond acceptors (Lipinski definition) is 8. The Labute approximate surface area is 141 Å². The van der Waals surface area contributed by atoms with Crippen LogP contribution in [0.4, 0.5) is 17.5 Å². The molecule has 0 saturated carbocycles. The predicted octanol–water partition coefficient (Wildman–Crippen LogP) is 1.38. The van der Waals surface area contributed by atoms with Gasteiger partial charge < -0.3 is 24.6 Å². The van der Waals surface area contributed by atoms with Gasteiger partial charge in [0.1, 0.15) is 0 Å². The van der Waals surface area contributed by atoms with E-state index in [9.17, 15) is 0 Å². The van der Waals surface area contributed by atoms with Crippen LogP contribution in [0.5, 0.6) is 11.5 Å². The van der Waals surface area contributed by atoms with Gasteiger partial charge in [-0.2, -0.15) is 10.1 Å². The molecule has 1 N–H and O–H groups in total. The molecular formula is C16H22N6O2. The van der Waals surface area contributed by atoms with Crippen molar-refractivity contribution in [2.75, 3.05) is 57.7 Å². The molecule has 1 aliphatic rings. The van der Waals surface area contributed by atoms with Crippen molar-refractivity contribution in [3.05, 3.63) is 24.4 Å². The van der Waals surface area contributed by atoms with Crippen LogP contribution >= 0.6 is 0 Å². The molecule has 1 saturated heterocycles. The third-order valence-electron chi connectivity index (χ3n) is 3.99. The van der Waals surface area contributed by atoms with Crippen LogP contribution in [0.2, 0.25) is 0 Å². The number of rotatable bonds is 5. The van der Waals surface area contributed by atoms with Gasteiger partial charge >= 0.3 is 0 Å². The summed E-state index contributed by atoms with van der Waals surface area (Å²) in [7, 11) is 5.34. The third kappa shape index (κ3) is 3.65. The number of likely N-dealkylation sites (N-methyl/N-ethyl adjacent to an activating group) is 1. The third-order valence-corrected chi connectivity index (χ3v) is 3.99. The first-order valence-electron chi connectivity index (χ1n) is 7.82. The van der Waals surface area contributed by atoms with Crippen LogP contribution in [-0.2, 0) is 0 Å². The molecule has 0 spiro atoms. The van der Waals surface area contributed by atoms with E-state index >= 15 is 0 Å². The van der Waals surface area contributed by atoms with Crippen LogP contribution in [0, 0.1) is 0 Å². The van der Waals surface area contributed by atoms with Crippen LogP contribution in [0.3, 0.4) is 0 Å². The van der Waals surface area contributed by atoms with Gasteiger partial charge in [-0.25, -0.2) is 0 Å². The highest BCUT2D eigenvalue weighted by atomic mass is 16.5. The second-order valence-corrected chi connectivity index (χ2v) is 5.63. The molecule has 1 aromatic heterocycles. The highest BCUT2D eigenvalue weighted by molar-refractivity contribution is 5.61. The summed E-state index contributed by atoms with van der Waals surface area (Å²) in [5, 5.41) is 11.4. The molecule has 1 aliphatic heterocycles. The molecule has 8 heteroatoms. The summed E-state index contributed by atoms with van der Waals surface area (Å²) in [6.45, 7) is 3.80. The van der Waals surface area contributed by atoms with Crippen LogP contribution in [0.15, 0.2) is 24.4 Å². The van der Waals surface area contributed by atoms with Crippen molar-refractivity contribution in [2.45, 2.75) is 0 Å². The van der Waals surface area contributed by atoms with Crippen LogP contribution in [0.25, 0.3) is 0 Å². The number of hydrogen-bond donors (Lipinski definition) is 1. The smallest absolute Gasteiger partial charge is 0.247 e. The van der Waals surface area contributed by atoms with Gasteiger partial charge in [-0.05, 0) is 19.2 Å². The molecule has 1 aromatic carbocycles. The Balaban J connectivity index is 1.75. The van der Waals surface area contributed by atoms with E-state index in [0.717, 1.165) is 31.9 Å². The molecule has 128 valence electrons. The van der Waals surface area contributed by atoms with E-state index in [2.05, 4.69) is 37.3 Å². The fourth-order valence-corrected chi connectivity index (χ4v) is 2.56. The predicted molar refractivity (Wildman–Crippen MR) is 92.4 cm³/mol. The normalized spacial score (nSPS) is 15.2. The van der Waals surface area contributed by atoms with E-state index in [0.29, 0.717) is 23.3 Å². The maximum absolute atomic E-state index is 5.32. The number of nitrogens with zero attached hydrogens (tertiary/aromatic N) is 5. The molecule has 2 aromatic rings. The molecular weight excluding hydrogens is 308 g/mol. The van der Waals surface area contributed by atoms with Crippen LogP contribution < -0.4 is 19.7 Å². The molecule has 0 aliphatic carbocycles. The lowest BCUT2D eigenvalue weighted by atomic mass is 10.2. The lowest BCUT2D eigenvalue weighted by Gasteiger charge is -2.32. The van der Waals surface area contributed by atoms with Gasteiger partial charge in [0.25, 0.3) is 0 Å². The van der Waals surface area contributed by atoms with Crippen LogP contribution in [0.1, 0.15) is 0 Å². The number of aromatic nitrogens is 3. The van der Waals surface area contributed by atoms with Crippen molar-refractivity contribution in [2.24, 2.45) is 0 Å². The summed E-state index contributed by atoms with van der Waals surface area (Å²) >= 11 is 0. The fraction of sp³-hybridized carbons (Fsp3) is 0.438. The average molecular weight is 330 g/mol. The molecule has 1 fully saturated rings. The van der Waals surface area contributed by atoms with Crippen molar-refractivity contribution in [1.29, 1.82) is 0 Å². The fourth-order valence-electron chi connectivity index (χ4n) is 2.56. The molecule has 2 heterocycles. The molecule has 0 atom stereocenters. The Morgan fingerprint density at radius 3 is 2.50 bits per heavy atom. The van der Waals surface area contributed by atoms with Crippen molar-refractivity contribution in [3.63, 3.8) is 0 Å². The first-order chi connectivity index (χ1) is 11.7. The SMILES string of the molecule is COc1ccc(Nc2cnnc(N3CCN(C)CC3)n2)cc1OC. The number of anilines is 3. The van der Waals surface area contributed by atoms with E-state index in [1.54, 1.807) is 20.4 Å². The maximum atomic E-state index is 5.32. The minimum atomic E-state index is 0.645. The molecule has 24 heavy (non-hydrogen) atoms. The lowest BCUT2D eigenvalue weighted by Crippen LogP contribution is -2.45. The van der Waals surface area contributed by atoms with Crippen molar-refractivity contribution in [3.8, 4) is 11.5 Å². The number of nitrogens with one attached hydrogen (secondary N) is 1. The first-order valence-corrected chi connectivity index (χ1v) is 7.82. The van der Waals surface area contributed by atoms with E-state index in [-0.39, 0.29) is 0 Å². The van der Waals surface area contributed by atoms with E-state index in [4.69, 9.17) is 9.47 Å². The van der Waals surface area contributed by atoms with E-state index in [1.807, 2.05) is 18.2 Å². The van der Waals surface area contributed by atoms with Gasteiger partial charge in [0.05, 0.1) is 20.4 Å². The van der Waals surface area contributed by atoms with E-state index in [1.165, 1.54) is 0 Å². The molecule has 8 nitrogen and oxygen atoms in total. The molecule has 0 unspecified atom stereocenters. The van der Waals surface area contributed by atoms with E-state index < -0.39 is 0 Å². The monoisotopic (exact) mass is 330 g/mol. The van der Waals surface area contributed by atoms with Gasteiger partial charge in [-0.15, -0.1) is 5.10 Å². The lowest BCUT2D eigenvalue weighted by molar-refractivity contribution is 0.311. The summed E-state index contributed by atoms with van der Waals surface area (Å²) < 4.78 is 10.6. The number of methoxy groups -OCH3 is 2. The number of ether oxygens (including phenoxy) is 2. The van der Waals surface area contributed by atoms with Gasteiger partial charge in [-0.1, -0.05) is 0 Å². The Bertz CT molecular complexity index is 688. The largest absolute Gasteiger partial charge is 0.493 e. The quantitative estimate of drug-likeness (QED) is 0.881. The zero-order valence-corrected chi connectivity index (χ0v) is 14.2. The van der Waals surface area contributed by atoms with Crippen molar-refractivity contribution >= 4 is 17.5 Å². The standard InChI is InChI=1S/C16H22N6O2/c1-21-6-8-22(9-7-21)16-19-15(11-17-20-16)18-12-4-5-13(23-2)14(10-12)24-3/h4-5,10-11H,6-9H2,1-3H3,(H,18,19,20). The second-order valence-electron chi connectivity index (χ2n) is 5.63. The average Bonchev–Trinajstić information content (AvgIpc) is 2.62.